The first kappa shape index (κ1) is 33.1. The Morgan fingerprint density at radius 3 is 1.28 bits per heavy atom. The molecule has 6 rings (SSSR count). The van der Waals surface area contributed by atoms with E-state index in [1.807, 2.05) is 0 Å². The summed E-state index contributed by atoms with van der Waals surface area (Å²) >= 11 is 0. The zero-order chi connectivity index (χ0) is 22.9. The topological polar surface area (TPSA) is 0 Å². The molecule has 187 valence electrons. The van der Waals surface area contributed by atoms with Gasteiger partial charge < -0.3 is 24.8 Å². The smallest absolute Gasteiger partial charge is 1.00 e. The van der Waals surface area contributed by atoms with Crippen LogP contribution in [0.4, 0.5) is 0 Å². The normalized spacial score (nSPS) is 20.8. The molecular formula is C32H37Cl2SiZr. The molecule has 0 aliphatic heterocycles. The molecular weight excluding hydrogens is 575 g/mol. The Labute approximate surface area is 253 Å². The maximum Gasteiger partial charge on any atom is 4.00 e. The third kappa shape index (κ3) is 8.56. The van der Waals surface area contributed by atoms with E-state index < -0.39 is 0 Å². The van der Waals surface area contributed by atoms with Crippen LogP contribution in [0.5, 0.6) is 0 Å². The van der Waals surface area contributed by atoms with Crippen LogP contribution in [0.2, 0.25) is 13.1 Å². The van der Waals surface area contributed by atoms with Crippen molar-refractivity contribution in [1.29, 1.82) is 0 Å². The molecule has 36 heavy (non-hydrogen) atoms. The van der Waals surface area contributed by atoms with Gasteiger partial charge in [-0.3, -0.25) is 12.2 Å². The van der Waals surface area contributed by atoms with Gasteiger partial charge in [-0.25, -0.2) is 12.2 Å². The molecule has 0 N–H and O–H groups in total. The molecule has 0 aromatic heterocycles. The Kier molecular flexibility index (Phi) is 16.2. The molecule has 4 aliphatic carbocycles. The van der Waals surface area contributed by atoms with Crippen LogP contribution >= 0.6 is 0 Å². The first-order chi connectivity index (χ1) is 16.3. The van der Waals surface area contributed by atoms with Crippen LogP contribution < -0.4 is 24.8 Å². The number of hydrogen-bond donors (Lipinski definition) is 0. The van der Waals surface area contributed by atoms with E-state index in [0.717, 1.165) is 9.52 Å². The van der Waals surface area contributed by atoms with Gasteiger partial charge in [0.2, 0.25) is 0 Å². The van der Waals surface area contributed by atoms with E-state index in [1.165, 1.54) is 62.5 Å². The average Bonchev–Trinajstić information content (AvgIpc) is 3.51. The molecule has 4 aliphatic rings. The third-order valence-electron chi connectivity index (χ3n) is 6.92. The van der Waals surface area contributed by atoms with Gasteiger partial charge in [0.05, 0.1) is 0 Å². The maximum atomic E-state index is 3.52. The Balaban J connectivity index is 0.000000302. The van der Waals surface area contributed by atoms with Gasteiger partial charge in [0.1, 0.15) is 0 Å². The second-order valence-electron chi connectivity index (χ2n) is 9.40. The van der Waals surface area contributed by atoms with E-state index in [9.17, 15) is 0 Å². The summed E-state index contributed by atoms with van der Waals surface area (Å²) in [5, 5.41) is 0. The summed E-state index contributed by atoms with van der Waals surface area (Å²) in [5.74, 6) is 0.919. The molecule has 0 bridgehead atoms. The molecule has 0 spiro atoms. The predicted molar refractivity (Wildman–Crippen MR) is 144 cm³/mol. The molecule has 0 saturated heterocycles. The molecule has 0 amide bonds. The number of rotatable bonds is 2. The van der Waals surface area contributed by atoms with Crippen LogP contribution in [0.1, 0.15) is 74.3 Å². The van der Waals surface area contributed by atoms with Crippen LogP contribution in [-0.4, -0.2) is 9.52 Å². The second kappa shape index (κ2) is 17.6. The van der Waals surface area contributed by atoms with Crippen molar-refractivity contribution >= 4 is 9.52 Å². The fourth-order valence-corrected chi connectivity index (χ4v) is 5.35. The fourth-order valence-electron chi connectivity index (χ4n) is 5.35. The van der Waals surface area contributed by atoms with E-state index in [-0.39, 0.29) is 51.0 Å². The first-order valence-corrected chi connectivity index (χ1v) is 15.1. The minimum atomic E-state index is 0. The van der Waals surface area contributed by atoms with Crippen LogP contribution in [0, 0.1) is 12.2 Å². The summed E-state index contributed by atoms with van der Waals surface area (Å²) in [7, 11) is 0.750. The van der Waals surface area contributed by atoms with Crippen molar-refractivity contribution in [3.63, 3.8) is 0 Å². The van der Waals surface area contributed by atoms with Gasteiger partial charge in [0.15, 0.2) is 0 Å². The molecule has 2 atom stereocenters. The number of allylic oxidation sites excluding steroid dienone is 8. The van der Waals surface area contributed by atoms with Gasteiger partial charge in [-0.2, -0.15) is 22.3 Å². The minimum Gasteiger partial charge on any atom is -1.00 e. The molecule has 0 fully saturated rings. The van der Waals surface area contributed by atoms with E-state index in [4.69, 9.17) is 0 Å². The van der Waals surface area contributed by atoms with Gasteiger partial charge in [-0.05, 0) is 12.8 Å². The minimum absolute atomic E-state index is 0. The van der Waals surface area contributed by atoms with Crippen molar-refractivity contribution in [2.75, 3.05) is 0 Å². The number of hydrogen-bond acceptors (Lipinski definition) is 0. The largest absolute Gasteiger partial charge is 4.00 e. The molecule has 0 saturated carbocycles. The van der Waals surface area contributed by atoms with Crippen molar-refractivity contribution in [3.05, 3.63) is 118 Å². The Morgan fingerprint density at radius 1 is 0.583 bits per heavy atom. The molecule has 4 heteroatoms. The molecule has 0 unspecified atom stereocenters. The Bertz CT molecular complexity index is 941. The van der Waals surface area contributed by atoms with E-state index >= 15 is 0 Å². The first-order valence-electron chi connectivity index (χ1n) is 12.8. The molecule has 0 heterocycles. The standard InChI is InChI=1S/2C15H15.C2H7Si.2ClH.Zr/c2*1-2-6-12(7-3-1)15-11-10-13-8-4-5-9-14(13)15;1-3-2;;;/h2*1-3,6-7,10,15H,4-5,8-9H2;3H,1-2H3;2*1H;/q2*-1;;;;+4/p-2/t2*15-;;;;/m10..../s1. The van der Waals surface area contributed by atoms with E-state index in [1.54, 1.807) is 22.3 Å². The summed E-state index contributed by atoms with van der Waals surface area (Å²) in [5.41, 5.74) is 9.20. The molecule has 1 radical (unpaired) electrons. The van der Waals surface area contributed by atoms with Gasteiger partial charge in [-0.1, -0.05) is 135 Å². The molecule has 2 aromatic rings. The van der Waals surface area contributed by atoms with Gasteiger partial charge >= 0.3 is 26.2 Å². The van der Waals surface area contributed by atoms with Crippen LogP contribution in [-0.2, 0) is 26.2 Å². The third-order valence-corrected chi connectivity index (χ3v) is 6.92. The summed E-state index contributed by atoms with van der Waals surface area (Å²) in [6.45, 7) is 4.42. The van der Waals surface area contributed by atoms with Crippen LogP contribution in [0.25, 0.3) is 0 Å². The Hall–Kier alpha value is -0.920. The fraction of sp³-hybridized carbons (Fsp3) is 0.375. The zero-order valence-electron chi connectivity index (χ0n) is 21.6. The van der Waals surface area contributed by atoms with Gasteiger partial charge in [-0.15, -0.1) is 0 Å². The van der Waals surface area contributed by atoms with E-state index in [0.29, 0.717) is 11.8 Å². The summed E-state index contributed by atoms with van der Waals surface area (Å²) in [4.78, 5) is 0. The monoisotopic (exact) mass is 609 g/mol. The van der Waals surface area contributed by atoms with Gasteiger partial charge in [0, 0.05) is 9.52 Å². The summed E-state index contributed by atoms with van der Waals surface area (Å²) in [6.07, 6.45) is 22.0. The Morgan fingerprint density at radius 2 is 0.917 bits per heavy atom. The van der Waals surface area contributed by atoms with Crippen LogP contribution in [0.15, 0.2) is 95.1 Å². The molecule has 2 aromatic carbocycles. The zero-order valence-corrected chi connectivity index (χ0v) is 26.7. The SMILES string of the molecule is C[SiH]C.[C-]1=CC2=C(CCCC2)[C@@H]1c1ccccc1.[C-]1=CC2=C(CCCC2)[C@H]1c1ccccc1.[Cl-].[Cl-].[Zr+4]. The summed E-state index contributed by atoms with van der Waals surface area (Å²) < 4.78 is 0. The molecule has 0 nitrogen and oxygen atoms in total. The van der Waals surface area contributed by atoms with Crippen molar-refractivity contribution < 1.29 is 51.0 Å². The maximum absolute atomic E-state index is 3.52. The average molecular weight is 612 g/mol. The number of benzene rings is 2. The van der Waals surface area contributed by atoms with E-state index in [2.05, 4.69) is 98.1 Å². The van der Waals surface area contributed by atoms with Crippen molar-refractivity contribution in [3.8, 4) is 0 Å². The van der Waals surface area contributed by atoms with Gasteiger partial charge in [0.25, 0.3) is 0 Å². The van der Waals surface area contributed by atoms with Crippen molar-refractivity contribution in [2.24, 2.45) is 0 Å². The van der Waals surface area contributed by atoms with Crippen LogP contribution in [0.3, 0.4) is 0 Å². The van der Waals surface area contributed by atoms with Crippen molar-refractivity contribution in [1.82, 2.24) is 0 Å². The quantitative estimate of drug-likeness (QED) is 0.362. The predicted octanol–water partition coefficient (Wildman–Crippen LogP) is 2.55. The second-order valence-corrected chi connectivity index (χ2v) is 10.6. The van der Waals surface area contributed by atoms with Crippen molar-refractivity contribution in [2.45, 2.75) is 76.3 Å². The number of halogens is 2. The summed E-state index contributed by atoms with van der Waals surface area (Å²) in [6, 6.07) is 21.5.